The van der Waals surface area contributed by atoms with Gasteiger partial charge in [-0.2, -0.15) is 0 Å². The molecule has 2 amide bonds. The number of amides is 2. The molecule has 1 aromatic rings. The number of benzene rings is 1. The molecule has 0 saturated carbocycles. The second-order valence-electron chi connectivity index (χ2n) is 3.57. The van der Waals surface area contributed by atoms with Gasteiger partial charge < -0.3 is 5.11 Å². The van der Waals surface area contributed by atoms with Gasteiger partial charge in [0.15, 0.2) is 5.82 Å². The van der Waals surface area contributed by atoms with Crippen LogP contribution in [0.25, 0.3) is 0 Å². The monoisotopic (exact) mass is 237 g/mol. The number of carboxylic acids is 1. The third-order valence-corrected chi connectivity index (χ3v) is 2.50. The highest BCUT2D eigenvalue weighted by molar-refractivity contribution is 6.20. The van der Waals surface area contributed by atoms with E-state index in [1.54, 1.807) is 0 Å². The molecule has 2 rings (SSSR count). The first-order chi connectivity index (χ1) is 8.02. The summed E-state index contributed by atoms with van der Waals surface area (Å²) in [6.45, 7) is 0. The first-order valence-corrected chi connectivity index (χ1v) is 4.90. The molecule has 6 heteroatoms. The molecule has 17 heavy (non-hydrogen) atoms. The van der Waals surface area contributed by atoms with Crippen molar-refractivity contribution >= 4 is 23.5 Å². The molecule has 5 nitrogen and oxygen atoms in total. The molecule has 0 spiro atoms. The Hall–Kier alpha value is -2.24. The van der Waals surface area contributed by atoms with Gasteiger partial charge in [-0.15, -0.1) is 0 Å². The minimum atomic E-state index is -1.44. The van der Waals surface area contributed by atoms with Gasteiger partial charge in [0, 0.05) is 12.8 Å². The molecule has 0 aliphatic carbocycles. The Morgan fingerprint density at radius 3 is 2.35 bits per heavy atom. The summed E-state index contributed by atoms with van der Waals surface area (Å²) < 4.78 is 13.8. The summed E-state index contributed by atoms with van der Waals surface area (Å²) in [6, 6.07) is 3.58. The summed E-state index contributed by atoms with van der Waals surface area (Å²) in [5.74, 6) is -3.54. The average Bonchev–Trinajstić information content (AvgIpc) is 2.59. The van der Waals surface area contributed by atoms with E-state index in [-0.39, 0.29) is 18.5 Å². The topological polar surface area (TPSA) is 74.7 Å². The fourth-order valence-corrected chi connectivity index (χ4v) is 1.70. The number of hydrogen-bond acceptors (Lipinski definition) is 3. The third kappa shape index (κ3) is 1.77. The number of aromatic carboxylic acids is 1. The van der Waals surface area contributed by atoms with Gasteiger partial charge in [0.2, 0.25) is 11.8 Å². The molecular formula is C11H8FNO4. The number of nitrogens with zero attached hydrogens (tertiary/aromatic N) is 1. The average molecular weight is 237 g/mol. The molecule has 0 unspecified atom stereocenters. The predicted octanol–water partition coefficient (Wildman–Crippen LogP) is 1.18. The van der Waals surface area contributed by atoms with E-state index >= 15 is 0 Å². The van der Waals surface area contributed by atoms with Gasteiger partial charge in [-0.05, 0) is 12.1 Å². The highest BCUT2D eigenvalue weighted by atomic mass is 19.1. The molecule has 0 atom stereocenters. The molecule has 1 fully saturated rings. The van der Waals surface area contributed by atoms with Gasteiger partial charge in [-0.1, -0.05) is 6.07 Å². The first-order valence-electron chi connectivity index (χ1n) is 4.90. The van der Waals surface area contributed by atoms with Crippen molar-refractivity contribution in [1.82, 2.24) is 0 Å². The maximum Gasteiger partial charge on any atom is 0.338 e. The first kappa shape index (κ1) is 11.3. The van der Waals surface area contributed by atoms with Crippen molar-refractivity contribution in [1.29, 1.82) is 0 Å². The molecule has 1 aliphatic heterocycles. The molecule has 1 saturated heterocycles. The second-order valence-corrected chi connectivity index (χ2v) is 3.57. The number of carbonyl (C=O) groups excluding carboxylic acids is 2. The van der Waals surface area contributed by atoms with Crippen LogP contribution in [0.5, 0.6) is 0 Å². The summed E-state index contributed by atoms with van der Waals surface area (Å²) >= 11 is 0. The Morgan fingerprint density at radius 2 is 1.82 bits per heavy atom. The van der Waals surface area contributed by atoms with Crippen molar-refractivity contribution in [2.75, 3.05) is 4.90 Å². The van der Waals surface area contributed by atoms with Gasteiger partial charge in [-0.3, -0.25) is 9.59 Å². The maximum atomic E-state index is 13.8. The van der Waals surface area contributed by atoms with Crippen LogP contribution in [-0.2, 0) is 9.59 Å². The van der Waals surface area contributed by atoms with E-state index in [0.29, 0.717) is 4.90 Å². The van der Waals surface area contributed by atoms with Crippen LogP contribution in [0.4, 0.5) is 10.1 Å². The van der Waals surface area contributed by atoms with Crippen LogP contribution in [0.2, 0.25) is 0 Å². The van der Waals surface area contributed by atoms with Gasteiger partial charge >= 0.3 is 5.97 Å². The van der Waals surface area contributed by atoms with E-state index in [4.69, 9.17) is 5.11 Å². The summed E-state index contributed by atoms with van der Waals surface area (Å²) in [7, 11) is 0. The minimum Gasteiger partial charge on any atom is -0.478 e. The zero-order valence-electron chi connectivity index (χ0n) is 8.64. The van der Waals surface area contributed by atoms with Crippen LogP contribution >= 0.6 is 0 Å². The SMILES string of the molecule is O=C(O)c1cccc(N2C(=O)CCC2=O)c1F. The van der Waals surface area contributed by atoms with Crippen LogP contribution in [0.3, 0.4) is 0 Å². The Morgan fingerprint density at radius 1 is 1.24 bits per heavy atom. The lowest BCUT2D eigenvalue weighted by Gasteiger charge is -2.15. The van der Waals surface area contributed by atoms with E-state index in [9.17, 15) is 18.8 Å². The van der Waals surface area contributed by atoms with Gasteiger partial charge in [0.25, 0.3) is 0 Å². The number of rotatable bonds is 2. The minimum absolute atomic E-state index is 0.0234. The largest absolute Gasteiger partial charge is 0.478 e. The van der Waals surface area contributed by atoms with Crippen LogP contribution in [0.15, 0.2) is 18.2 Å². The molecule has 1 aromatic carbocycles. The predicted molar refractivity (Wildman–Crippen MR) is 55.1 cm³/mol. The molecule has 1 heterocycles. The molecule has 1 aliphatic rings. The molecule has 0 radical (unpaired) electrons. The fraction of sp³-hybridized carbons (Fsp3) is 0.182. The van der Waals surface area contributed by atoms with Crippen molar-refractivity contribution in [2.24, 2.45) is 0 Å². The summed E-state index contributed by atoms with van der Waals surface area (Å²) in [4.78, 5) is 34.2. The standard InChI is InChI=1S/C11H8FNO4/c12-10-6(11(16)17)2-1-3-7(10)13-8(14)4-5-9(13)15/h1-3H,4-5H2,(H,16,17). The maximum absolute atomic E-state index is 13.8. The summed E-state index contributed by atoms with van der Waals surface area (Å²) in [5, 5.41) is 8.74. The van der Waals surface area contributed by atoms with Crippen molar-refractivity contribution in [3.05, 3.63) is 29.6 Å². The fourth-order valence-electron chi connectivity index (χ4n) is 1.70. The van der Waals surface area contributed by atoms with Crippen LogP contribution in [-0.4, -0.2) is 22.9 Å². The molecule has 1 N–H and O–H groups in total. The number of carboxylic acid groups (broad SMARTS) is 1. The number of imide groups is 1. The lowest BCUT2D eigenvalue weighted by atomic mass is 10.1. The van der Waals surface area contributed by atoms with Crippen molar-refractivity contribution in [2.45, 2.75) is 12.8 Å². The van der Waals surface area contributed by atoms with E-state index in [1.807, 2.05) is 0 Å². The molecule has 88 valence electrons. The number of halogens is 1. The second kappa shape index (κ2) is 3.97. The van der Waals surface area contributed by atoms with Crippen molar-refractivity contribution in [3.63, 3.8) is 0 Å². The van der Waals surface area contributed by atoms with Crippen molar-refractivity contribution in [3.8, 4) is 0 Å². The lowest BCUT2D eigenvalue weighted by Crippen LogP contribution is -2.29. The highest BCUT2D eigenvalue weighted by Crippen LogP contribution is 2.27. The quantitative estimate of drug-likeness (QED) is 0.783. The highest BCUT2D eigenvalue weighted by Gasteiger charge is 2.33. The Kier molecular flexibility index (Phi) is 2.63. The number of anilines is 1. The van der Waals surface area contributed by atoms with E-state index in [2.05, 4.69) is 0 Å². The lowest BCUT2D eigenvalue weighted by molar-refractivity contribution is -0.121. The van der Waals surface area contributed by atoms with Gasteiger partial charge in [0.05, 0.1) is 11.3 Å². The van der Waals surface area contributed by atoms with E-state index in [1.165, 1.54) is 12.1 Å². The Balaban J connectivity index is 2.53. The summed E-state index contributed by atoms with van der Waals surface area (Å²) in [6.07, 6.45) is 0.0468. The zero-order chi connectivity index (χ0) is 12.6. The smallest absolute Gasteiger partial charge is 0.338 e. The Bertz CT molecular complexity index is 510. The molecule has 0 aromatic heterocycles. The van der Waals surface area contributed by atoms with E-state index < -0.39 is 29.2 Å². The van der Waals surface area contributed by atoms with Crippen LogP contribution in [0, 0.1) is 5.82 Å². The van der Waals surface area contributed by atoms with Crippen LogP contribution < -0.4 is 4.90 Å². The molecular weight excluding hydrogens is 229 g/mol. The number of hydrogen-bond donors (Lipinski definition) is 1. The third-order valence-electron chi connectivity index (χ3n) is 2.50. The van der Waals surface area contributed by atoms with Crippen LogP contribution in [0.1, 0.15) is 23.2 Å². The van der Waals surface area contributed by atoms with E-state index in [0.717, 1.165) is 6.07 Å². The van der Waals surface area contributed by atoms with Gasteiger partial charge in [0.1, 0.15) is 0 Å². The van der Waals surface area contributed by atoms with Crippen molar-refractivity contribution < 1.29 is 23.9 Å². The number of carbonyl (C=O) groups is 3. The zero-order valence-corrected chi connectivity index (χ0v) is 8.64. The normalized spacial score (nSPS) is 15.5. The Labute approximate surface area is 95.5 Å². The summed E-state index contributed by atoms with van der Waals surface area (Å²) in [5.41, 5.74) is -0.854. The molecule has 0 bridgehead atoms. The van der Waals surface area contributed by atoms with Gasteiger partial charge in [-0.25, -0.2) is 14.1 Å².